The molecule has 0 aliphatic carbocycles. The molecule has 0 aromatic rings. The first-order valence-electron chi connectivity index (χ1n) is 6.27. The van der Waals surface area contributed by atoms with Gasteiger partial charge in [0.25, 0.3) is 0 Å². The van der Waals surface area contributed by atoms with Gasteiger partial charge in [0.15, 0.2) is 0 Å². The predicted molar refractivity (Wildman–Crippen MR) is 63.0 cm³/mol. The van der Waals surface area contributed by atoms with Crippen LogP contribution in [0, 0.1) is 0 Å². The Hall–Kier alpha value is -0.990. The van der Waals surface area contributed by atoms with Crippen LogP contribution in [0.1, 0.15) is 52.9 Å². The van der Waals surface area contributed by atoms with E-state index in [1.807, 2.05) is 13.8 Å². The lowest BCUT2D eigenvalue weighted by molar-refractivity contribution is 0.00124. The van der Waals surface area contributed by atoms with Crippen molar-refractivity contribution in [3.63, 3.8) is 0 Å². The lowest BCUT2D eigenvalue weighted by Gasteiger charge is -2.28. The zero-order valence-electron chi connectivity index (χ0n) is 10.5. The molecular formula is C13H21NO2. The molecular weight excluding hydrogens is 202 g/mol. The molecule has 2 rings (SSSR count). The third kappa shape index (κ3) is 2.23. The SMILES string of the molecule is CCCCC/C=C1\[C@H]2CC(C)(C)OC(=O)N12. The summed E-state index contributed by atoms with van der Waals surface area (Å²) in [5.41, 5.74) is 0.892. The molecule has 0 unspecified atom stereocenters. The van der Waals surface area contributed by atoms with Crippen LogP contribution in [-0.2, 0) is 4.74 Å². The van der Waals surface area contributed by atoms with E-state index in [1.165, 1.54) is 25.0 Å². The molecule has 2 saturated heterocycles. The number of unbranched alkanes of at least 4 members (excludes halogenated alkanes) is 3. The number of cyclic esters (lactones) is 1. The van der Waals surface area contributed by atoms with E-state index >= 15 is 0 Å². The van der Waals surface area contributed by atoms with Crippen LogP contribution < -0.4 is 0 Å². The molecule has 0 saturated carbocycles. The molecule has 0 spiro atoms. The molecule has 90 valence electrons. The van der Waals surface area contributed by atoms with Crippen molar-refractivity contribution in [2.75, 3.05) is 0 Å². The van der Waals surface area contributed by atoms with E-state index in [9.17, 15) is 4.79 Å². The summed E-state index contributed by atoms with van der Waals surface area (Å²) in [6, 6.07) is 0.331. The second-order valence-electron chi connectivity index (χ2n) is 5.34. The van der Waals surface area contributed by atoms with Crippen molar-refractivity contribution in [1.29, 1.82) is 0 Å². The molecule has 2 heterocycles. The van der Waals surface area contributed by atoms with Crippen molar-refractivity contribution in [3.05, 3.63) is 11.8 Å². The lowest BCUT2D eigenvalue weighted by Crippen LogP contribution is -2.37. The summed E-state index contributed by atoms with van der Waals surface area (Å²) < 4.78 is 5.33. The number of allylic oxidation sites excluding steroid dienone is 1. The molecule has 2 aliphatic heterocycles. The minimum Gasteiger partial charge on any atom is -0.443 e. The zero-order valence-corrected chi connectivity index (χ0v) is 10.5. The van der Waals surface area contributed by atoms with Crippen molar-refractivity contribution in [1.82, 2.24) is 4.90 Å². The smallest absolute Gasteiger partial charge is 0.415 e. The number of carbonyl (C=O) groups excluding carboxylic acids is 1. The number of nitrogens with zero attached hydrogens (tertiary/aromatic N) is 1. The number of ether oxygens (including phenoxy) is 1. The van der Waals surface area contributed by atoms with Gasteiger partial charge in [-0.15, -0.1) is 0 Å². The maximum atomic E-state index is 11.6. The number of carbonyl (C=O) groups is 1. The van der Waals surface area contributed by atoms with Crippen molar-refractivity contribution < 1.29 is 9.53 Å². The van der Waals surface area contributed by atoms with Crippen LogP contribution in [-0.4, -0.2) is 22.6 Å². The molecule has 2 aliphatic rings. The van der Waals surface area contributed by atoms with Crippen LogP contribution >= 0.6 is 0 Å². The Labute approximate surface area is 97.5 Å². The Balaban J connectivity index is 1.89. The summed E-state index contributed by atoms with van der Waals surface area (Å²) in [5.74, 6) is 0. The van der Waals surface area contributed by atoms with E-state index in [0.717, 1.165) is 12.8 Å². The van der Waals surface area contributed by atoms with Gasteiger partial charge >= 0.3 is 6.09 Å². The van der Waals surface area contributed by atoms with Gasteiger partial charge in [-0.2, -0.15) is 0 Å². The molecule has 1 atom stereocenters. The van der Waals surface area contributed by atoms with Crippen LogP contribution in [0.3, 0.4) is 0 Å². The van der Waals surface area contributed by atoms with E-state index in [0.29, 0.717) is 6.04 Å². The van der Waals surface area contributed by atoms with Gasteiger partial charge in [-0.05, 0) is 26.7 Å². The van der Waals surface area contributed by atoms with Gasteiger partial charge in [0.05, 0.1) is 6.04 Å². The maximum Gasteiger partial charge on any atom is 0.415 e. The second kappa shape index (κ2) is 4.11. The Bertz CT molecular complexity index is 320. The fraction of sp³-hybridized carbons (Fsp3) is 0.769. The van der Waals surface area contributed by atoms with Gasteiger partial charge in [0, 0.05) is 12.1 Å². The first-order valence-corrected chi connectivity index (χ1v) is 6.27. The number of fused-ring (bicyclic) bond motifs is 1. The van der Waals surface area contributed by atoms with Gasteiger partial charge in [-0.1, -0.05) is 25.8 Å². The van der Waals surface area contributed by atoms with Gasteiger partial charge in [-0.3, -0.25) is 4.90 Å². The molecule has 0 aromatic carbocycles. The summed E-state index contributed by atoms with van der Waals surface area (Å²) >= 11 is 0. The highest BCUT2D eigenvalue weighted by Crippen LogP contribution is 2.45. The highest BCUT2D eigenvalue weighted by atomic mass is 16.6. The van der Waals surface area contributed by atoms with Crippen molar-refractivity contribution in [2.45, 2.75) is 64.5 Å². The molecule has 3 nitrogen and oxygen atoms in total. The third-order valence-corrected chi connectivity index (χ3v) is 3.27. The lowest BCUT2D eigenvalue weighted by atomic mass is 10.0. The largest absolute Gasteiger partial charge is 0.443 e. The Morgan fingerprint density at radius 1 is 1.50 bits per heavy atom. The highest BCUT2D eigenvalue weighted by Gasteiger charge is 2.54. The van der Waals surface area contributed by atoms with Gasteiger partial charge < -0.3 is 4.74 Å². The summed E-state index contributed by atoms with van der Waals surface area (Å²) in [5, 5.41) is 0. The highest BCUT2D eigenvalue weighted by molar-refractivity contribution is 5.78. The summed E-state index contributed by atoms with van der Waals surface area (Å²) in [6.07, 6.45) is 7.79. The topological polar surface area (TPSA) is 29.3 Å². The maximum absolute atomic E-state index is 11.6. The van der Waals surface area contributed by atoms with Crippen LogP contribution in [0.2, 0.25) is 0 Å². The molecule has 0 radical (unpaired) electrons. The Morgan fingerprint density at radius 3 is 2.94 bits per heavy atom. The summed E-state index contributed by atoms with van der Waals surface area (Å²) in [4.78, 5) is 13.4. The average Bonchev–Trinajstić information content (AvgIpc) is 2.84. The number of rotatable bonds is 4. The van der Waals surface area contributed by atoms with Crippen molar-refractivity contribution in [2.24, 2.45) is 0 Å². The summed E-state index contributed by atoms with van der Waals surface area (Å²) in [7, 11) is 0. The van der Waals surface area contributed by atoms with Crippen molar-refractivity contribution in [3.8, 4) is 0 Å². The van der Waals surface area contributed by atoms with Gasteiger partial charge in [0.1, 0.15) is 5.60 Å². The molecule has 0 bridgehead atoms. The van der Waals surface area contributed by atoms with E-state index in [4.69, 9.17) is 4.74 Å². The first kappa shape index (κ1) is 11.5. The first-order chi connectivity index (χ1) is 7.55. The molecule has 1 amide bonds. The number of amides is 1. The van der Waals surface area contributed by atoms with Crippen LogP contribution in [0.15, 0.2) is 11.8 Å². The minimum absolute atomic E-state index is 0.164. The molecule has 2 fully saturated rings. The average molecular weight is 223 g/mol. The Kier molecular flexibility index (Phi) is 2.96. The quantitative estimate of drug-likeness (QED) is 0.539. The molecule has 0 aromatic heterocycles. The number of hydrogen-bond donors (Lipinski definition) is 0. The minimum atomic E-state index is -0.294. The van der Waals surface area contributed by atoms with E-state index in [-0.39, 0.29) is 11.7 Å². The Morgan fingerprint density at radius 2 is 2.25 bits per heavy atom. The van der Waals surface area contributed by atoms with Crippen LogP contribution in [0.5, 0.6) is 0 Å². The normalized spacial score (nSPS) is 28.9. The molecule has 3 heteroatoms. The molecule has 0 N–H and O–H groups in total. The monoisotopic (exact) mass is 223 g/mol. The van der Waals surface area contributed by atoms with Gasteiger partial charge in [0.2, 0.25) is 0 Å². The van der Waals surface area contributed by atoms with E-state index in [2.05, 4.69) is 13.0 Å². The van der Waals surface area contributed by atoms with Crippen LogP contribution in [0.25, 0.3) is 0 Å². The zero-order chi connectivity index (χ0) is 11.8. The standard InChI is InChI=1S/C13H21NO2/c1-4-5-6-7-8-10-11-9-13(2,3)16-12(15)14(10)11/h8,11H,4-7,9H2,1-3H3/b10-8+/t11-,14?/m1/s1. The summed E-state index contributed by atoms with van der Waals surface area (Å²) in [6.45, 7) is 6.16. The fourth-order valence-electron chi connectivity index (χ4n) is 2.35. The van der Waals surface area contributed by atoms with Crippen molar-refractivity contribution >= 4 is 6.09 Å². The van der Waals surface area contributed by atoms with Gasteiger partial charge in [-0.25, -0.2) is 4.79 Å². The molecule has 16 heavy (non-hydrogen) atoms. The van der Waals surface area contributed by atoms with E-state index < -0.39 is 0 Å². The second-order valence-corrected chi connectivity index (χ2v) is 5.34. The number of hydrogen-bond acceptors (Lipinski definition) is 2. The predicted octanol–water partition coefficient (Wildman–Crippen LogP) is 3.45. The van der Waals surface area contributed by atoms with Crippen LogP contribution in [0.4, 0.5) is 4.79 Å². The third-order valence-electron chi connectivity index (χ3n) is 3.27. The fourth-order valence-corrected chi connectivity index (χ4v) is 2.35. The van der Waals surface area contributed by atoms with E-state index in [1.54, 1.807) is 4.90 Å².